The highest BCUT2D eigenvalue weighted by atomic mass is 16.6. The normalized spacial score (nSPS) is 23.5. The number of hydrogen-bond acceptors (Lipinski definition) is 6. The Bertz CT molecular complexity index is 922. The molecule has 1 aliphatic heterocycles. The molecule has 0 bridgehead atoms. The molecule has 2 unspecified atom stereocenters. The van der Waals surface area contributed by atoms with Crippen LogP contribution in [0.25, 0.3) is 11.0 Å². The first-order chi connectivity index (χ1) is 14.2. The standard InChI is InChI=1S/C21H30N6O3/c1-21(2,3)30-20(29)23-9-17(28)27-10-13-7-15(8-14(13)11-27)26(4)19-16-5-6-22-18(16)24-12-25-19/h5-6,12-15H,7-11H2,1-4H3,(H,23,29)(H,22,24,25). The molecule has 1 aliphatic carbocycles. The molecule has 1 saturated heterocycles. The molecule has 1 saturated carbocycles. The molecule has 9 nitrogen and oxygen atoms in total. The van der Waals surface area contributed by atoms with Crippen molar-refractivity contribution in [2.24, 2.45) is 11.8 Å². The minimum atomic E-state index is -0.575. The molecule has 9 heteroatoms. The first-order valence-electron chi connectivity index (χ1n) is 10.5. The third-order valence-corrected chi connectivity index (χ3v) is 6.08. The number of nitrogens with one attached hydrogen (secondary N) is 2. The van der Waals surface area contributed by atoms with E-state index in [9.17, 15) is 9.59 Å². The number of fused-ring (bicyclic) bond motifs is 2. The third kappa shape index (κ3) is 4.20. The summed E-state index contributed by atoms with van der Waals surface area (Å²) in [5, 5.41) is 3.60. The lowest BCUT2D eigenvalue weighted by atomic mass is 10.0. The number of carbonyl (C=O) groups is 2. The molecule has 2 atom stereocenters. The van der Waals surface area contributed by atoms with Crippen molar-refractivity contribution in [2.75, 3.05) is 31.6 Å². The molecule has 2 aliphatic rings. The summed E-state index contributed by atoms with van der Waals surface area (Å²) in [6.07, 6.45) is 4.98. The zero-order valence-corrected chi connectivity index (χ0v) is 18.0. The second-order valence-electron chi connectivity index (χ2n) is 9.35. The van der Waals surface area contributed by atoms with Crippen molar-refractivity contribution in [2.45, 2.75) is 45.3 Å². The van der Waals surface area contributed by atoms with E-state index in [0.29, 0.717) is 17.9 Å². The maximum atomic E-state index is 12.5. The van der Waals surface area contributed by atoms with Crippen LogP contribution in [-0.4, -0.2) is 70.2 Å². The third-order valence-electron chi connectivity index (χ3n) is 6.08. The van der Waals surface area contributed by atoms with Crippen LogP contribution < -0.4 is 10.2 Å². The van der Waals surface area contributed by atoms with E-state index < -0.39 is 11.7 Å². The lowest BCUT2D eigenvalue weighted by molar-refractivity contribution is -0.129. The monoisotopic (exact) mass is 414 g/mol. The van der Waals surface area contributed by atoms with Gasteiger partial charge < -0.3 is 24.8 Å². The molecular formula is C21H30N6O3. The lowest BCUT2D eigenvalue weighted by Gasteiger charge is -2.28. The van der Waals surface area contributed by atoms with E-state index in [4.69, 9.17) is 4.74 Å². The van der Waals surface area contributed by atoms with Crippen LogP contribution in [0.2, 0.25) is 0 Å². The number of aromatic nitrogens is 3. The lowest BCUT2D eigenvalue weighted by Crippen LogP contribution is -2.42. The second kappa shape index (κ2) is 7.77. The largest absolute Gasteiger partial charge is 0.444 e. The predicted octanol–water partition coefficient (Wildman–Crippen LogP) is 2.16. The Morgan fingerprint density at radius 3 is 2.63 bits per heavy atom. The molecule has 0 spiro atoms. The maximum Gasteiger partial charge on any atom is 0.408 e. The number of ether oxygens (including phenoxy) is 1. The van der Waals surface area contributed by atoms with Gasteiger partial charge in [-0.15, -0.1) is 0 Å². The summed E-state index contributed by atoms with van der Waals surface area (Å²) in [5.74, 6) is 1.85. The highest BCUT2D eigenvalue weighted by molar-refractivity contribution is 5.87. The zero-order valence-electron chi connectivity index (χ0n) is 18.0. The van der Waals surface area contributed by atoms with Gasteiger partial charge in [-0.25, -0.2) is 14.8 Å². The fraction of sp³-hybridized carbons (Fsp3) is 0.619. The molecule has 2 N–H and O–H groups in total. The SMILES string of the molecule is CN(c1ncnc2[nH]ccc12)C1CC2CN(C(=O)CNC(=O)OC(C)(C)C)CC2C1. The quantitative estimate of drug-likeness (QED) is 0.795. The summed E-state index contributed by atoms with van der Waals surface area (Å²) in [4.78, 5) is 40.3. The highest BCUT2D eigenvalue weighted by Gasteiger charge is 2.43. The van der Waals surface area contributed by atoms with E-state index in [2.05, 4.69) is 32.2 Å². The van der Waals surface area contributed by atoms with Crippen molar-refractivity contribution in [3.63, 3.8) is 0 Å². The summed E-state index contributed by atoms with van der Waals surface area (Å²) in [7, 11) is 2.09. The maximum absolute atomic E-state index is 12.5. The number of alkyl carbamates (subject to hydrolysis) is 1. The zero-order chi connectivity index (χ0) is 21.5. The fourth-order valence-electron chi connectivity index (χ4n) is 4.67. The van der Waals surface area contributed by atoms with E-state index in [0.717, 1.165) is 42.8 Å². The van der Waals surface area contributed by atoms with Gasteiger partial charge in [0.05, 0.1) is 5.39 Å². The van der Waals surface area contributed by atoms with Crippen LogP contribution in [0.15, 0.2) is 18.6 Å². The number of carbonyl (C=O) groups excluding carboxylic acids is 2. The second-order valence-corrected chi connectivity index (χ2v) is 9.35. The average molecular weight is 415 g/mol. The molecule has 162 valence electrons. The minimum Gasteiger partial charge on any atom is -0.444 e. The Labute approximate surface area is 176 Å². The Balaban J connectivity index is 1.30. The molecule has 3 heterocycles. The Morgan fingerprint density at radius 1 is 1.27 bits per heavy atom. The van der Waals surface area contributed by atoms with E-state index in [1.807, 2.05) is 17.2 Å². The number of aromatic amines is 1. The number of rotatable bonds is 4. The van der Waals surface area contributed by atoms with E-state index >= 15 is 0 Å². The molecule has 2 fully saturated rings. The number of likely N-dealkylation sites (tertiary alicyclic amines) is 1. The number of amides is 2. The van der Waals surface area contributed by atoms with Crippen LogP contribution in [0.4, 0.5) is 10.6 Å². The topological polar surface area (TPSA) is 103 Å². The minimum absolute atomic E-state index is 0.0237. The van der Waals surface area contributed by atoms with Gasteiger partial charge in [0.25, 0.3) is 0 Å². The van der Waals surface area contributed by atoms with E-state index in [1.165, 1.54) is 0 Å². The van der Waals surface area contributed by atoms with E-state index in [1.54, 1.807) is 27.1 Å². The first-order valence-corrected chi connectivity index (χ1v) is 10.5. The van der Waals surface area contributed by atoms with Gasteiger partial charge in [-0.1, -0.05) is 0 Å². The van der Waals surface area contributed by atoms with Crippen molar-refractivity contribution in [1.82, 2.24) is 25.2 Å². The predicted molar refractivity (Wildman–Crippen MR) is 113 cm³/mol. The summed E-state index contributed by atoms with van der Waals surface area (Å²) >= 11 is 0. The van der Waals surface area contributed by atoms with Gasteiger partial charge in [0, 0.05) is 32.4 Å². The summed E-state index contributed by atoms with van der Waals surface area (Å²) in [6.45, 7) is 6.86. The van der Waals surface area contributed by atoms with Gasteiger partial charge in [-0.3, -0.25) is 4.79 Å². The van der Waals surface area contributed by atoms with Gasteiger partial charge in [-0.05, 0) is 51.5 Å². The van der Waals surface area contributed by atoms with Crippen LogP contribution in [0.1, 0.15) is 33.6 Å². The van der Waals surface area contributed by atoms with Gasteiger partial charge in [-0.2, -0.15) is 0 Å². The number of H-pyrrole nitrogens is 1. The van der Waals surface area contributed by atoms with Crippen molar-refractivity contribution in [3.8, 4) is 0 Å². The van der Waals surface area contributed by atoms with Gasteiger partial charge in [0.2, 0.25) is 5.91 Å². The number of anilines is 1. The van der Waals surface area contributed by atoms with Crippen molar-refractivity contribution < 1.29 is 14.3 Å². The van der Waals surface area contributed by atoms with Crippen LogP contribution in [0.3, 0.4) is 0 Å². The smallest absolute Gasteiger partial charge is 0.408 e. The Morgan fingerprint density at radius 2 is 1.97 bits per heavy atom. The number of hydrogen-bond donors (Lipinski definition) is 2. The van der Waals surface area contributed by atoms with Gasteiger partial charge in [0.1, 0.15) is 29.9 Å². The Hall–Kier alpha value is -2.84. The van der Waals surface area contributed by atoms with Crippen molar-refractivity contribution >= 4 is 28.9 Å². The van der Waals surface area contributed by atoms with Crippen molar-refractivity contribution in [3.05, 3.63) is 18.6 Å². The van der Waals surface area contributed by atoms with Crippen LogP contribution in [0, 0.1) is 11.8 Å². The molecule has 2 aromatic rings. The average Bonchev–Trinajstić information content (AvgIpc) is 3.37. The molecule has 2 amide bonds. The summed E-state index contributed by atoms with van der Waals surface area (Å²) < 4.78 is 5.19. The molecule has 0 radical (unpaired) electrons. The summed E-state index contributed by atoms with van der Waals surface area (Å²) in [6, 6.07) is 2.40. The molecule has 4 rings (SSSR count). The van der Waals surface area contributed by atoms with E-state index in [-0.39, 0.29) is 12.5 Å². The van der Waals surface area contributed by atoms with Gasteiger partial charge >= 0.3 is 6.09 Å². The molecule has 2 aromatic heterocycles. The summed E-state index contributed by atoms with van der Waals surface area (Å²) in [5.41, 5.74) is 0.272. The van der Waals surface area contributed by atoms with Gasteiger partial charge in [0.15, 0.2) is 0 Å². The first kappa shape index (κ1) is 20.4. The fourth-order valence-corrected chi connectivity index (χ4v) is 4.67. The van der Waals surface area contributed by atoms with Crippen LogP contribution >= 0.6 is 0 Å². The highest BCUT2D eigenvalue weighted by Crippen LogP contribution is 2.41. The molecular weight excluding hydrogens is 384 g/mol. The Kier molecular flexibility index (Phi) is 5.29. The van der Waals surface area contributed by atoms with Crippen LogP contribution in [-0.2, 0) is 9.53 Å². The number of nitrogens with zero attached hydrogens (tertiary/aromatic N) is 4. The molecule has 0 aromatic carbocycles. The molecule has 30 heavy (non-hydrogen) atoms. The van der Waals surface area contributed by atoms with Crippen LogP contribution in [0.5, 0.6) is 0 Å². The van der Waals surface area contributed by atoms with Crippen molar-refractivity contribution in [1.29, 1.82) is 0 Å².